The molecule has 2 aliphatic rings. The van der Waals surface area contributed by atoms with Crippen LogP contribution in [0, 0.1) is 0 Å². The third-order valence-corrected chi connectivity index (χ3v) is 5.34. The SMILES string of the molecule is CC1(N2CCOCC2C(=O)NCc2ccc(Cl)cc2)C=CNC(n2ccnc2)=N1. The number of morpholine rings is 1. The van der Waals surface area contributed by atoms with Crippen LogP contribution in [0.15, 0.2) is 60.3 Å². The van der Waals surface area contributed by atoms with Crippen LogP contribution in [0.25, 0.3) is 0 Å². The highest BCUT2D eigenvalue weighted by atomic mass is 35.5. The van der Waals surface area contributed by atoms with Crippen molar-refractivity contribution < 1.29 is 9.53 Å². The van der Waals surface area contributed by atoms with Gasteiger partial charge in [0, 0.05) is 36.7 Å². The molecule has 0 aliphatic carbocycles. The second-order valence-corrected chi connectivity index (χ2v) is 7.54. The first-order chi connectivity index (χ1) is 14.0. The first-order valence-corrected chi connectivity index (χ1v) is 9.82. The smallest absolute Gasteiger partial charge is 0.240 e. The summed E-state index contributed by atoms with van der Waals surface area (Å²) in [4.78, 5) is 24.0. The minimum Gasteiger partial charge on any atom is -0.378 e. The van der Waals surface area contributed by atoms with E-state index < -0.39 is 11.7 Å². The summed E-state index contributed by atoms with van der Waals surface area (Å²) in [5.74, 6) is 0.562. The van der Waals surface area contributed by atoms with Crippen LogP contribution in [0.2, 0.25) is 5.02 Å². The minimum atomic E-state index is -0.684. The standard InChI is InChI=1S/C20H23ClN6O2/c1-20(6-7-23-19(25-20)26-9-8-22-14-26)27-10-11-29-13-17(27)18(28)24-12-15-2-4-16(21)5-3-15/h2-9,14,17H,10-13H2,1H3,(H,23,25)(H,24,28). The van der Waals surface area contributed by atoms with Gasteiger partial charge in [0.05, 0.1) is 13.2 Å². The quantitative estimate of drug-likeness (QED) is 0.793. The number of carbonyl (C=O) groups excluding carboxylic acids is 1. The number of aliphatic imine (C=N–C) groups is 1. The molecule has 0 bridgehead atoms. The number of nitrogens with one attached hydrogen (secondary N) is 2. The second kappa shape index (κ2) is 8.36. The number of imidazole rings is 1. The number of benzene rings is 1. The Kier molecular flexibility index (Phi) is 5.66. The van der Waals surface area contributed by atoms with Crippen molar-refractivity contribution in [1.82, 2.24) is 25.1 Å². The van der Waals surface area contributed by atoms with Crippen LogP contribution >= 0.6 is 11.6 Å². The maximum atomic E-state index is 13.0. The number of carbonyl (C=O) groups is 1. The highest BCUT2D eigenvalue weighted by Gasteiger charge is 2.41. The molecule has 2 atom stereocenters. The Labute approximate surface area is 174 Å². The molecule has 0 saturated carbocycles. The molecule has 8 nitrogen and oxygen atoms in total. The number of amides is 1. The Morgan fingerprint density at radius 3 is 3.00 bits per heavy atom. The number of nitrogens with zero attached hydrogens (tertiary/aromatic N) is 4. The highest BCUT2D eigenvalue weighted by molar-refractivity contribution is 6.30. The normalized spacial score (nSPS) is 24.6. The molecule has 0 radical (unpaired) electrons. The molecule has 2 unspecified atom stereocenters. The summed E-state index contributed by atoms with van der Waals surface area (Å²) >= 11 is 5.93. The van der Waals surface area contributed by atoms with E-state index >= 15 is 0 Å². The van der Waals surface area contributed by atoms with Gasteiger partial charge in [0.2, 0.25) is 11.9 Å². The predicted octanol–water partition coefficient (Wildman–Crippen LogP) is 1.59. The molecule has 2 aromatic rings. The van der Waals surface area contributed by atoms with Gasteiger partial charge in [-0.3, -0.25) is 14.3 Å². The maximum Gasteiger partial charge on any atom is 0.240 e. The lowest BCUT2D eigenvalue weighted by Crippen LogP contribution is -2.61. The fraction of sp³-hybridized carbons (Fsp3) is 0.350. The molecule has 1 saturated heterocycles. The molecule has 3 heterocycles. The van der Waals surface area contributed by atoms with Gasteiger partial charge in [-0.2, -0.15) is 0 Å². The zero-order valence-corrected chi connectivity index (χ0v) is 16.8. The maximum absolute atomic E-state index is 13.0. The molecule has 2 aliphatic heterocycles. The highest BCUT2D eigenvalue weighted by Crippen LogP contribution is 2.26. The Morgan fingerprint density at radius 1 is 1.41 bits per heavy atom. The Balaban J connectivity index is 1.50. The van der Waals surface area contributed by atoms with E-state index in [9.17, 15) is 4.79 Å². The average Bonchev–Trinajstić information content (AvgIpc) is 3.28. The van der Waals surface area contributed by atoms with Crippen molar-refractivity contribution in [3.8, 4) is 0 Å². The molecule has 152 valence electrons. The van der Waals surface area contributed by atoms with E-state index in [1.54, 1.807) is 17.1 Å². The van der Waals surface area contributed by atoms with Crippen LogP contribution in [-0.4, -0.2) is 57.8 Å². The van der Waals surface area contributed by atoms with Gasteiger partial charge in [-0.25, -0.2) is 9.98 Å². The Hall–Kier alpha value is -2.68. The van der Waals surface area contributed by atoms with Crippen molar-refractivity contribution in [2.45, 2.75) is 25.2 Å². The zero-order chi connectivity index (χ0) is 20.3. The number of aromatic nitrogens is 2. The van der Waals surface area contributed by atoms with Gasteiger partial charge in [-0.15, -0.1) is 0 Å². The summed E-state index contributed by atoms with van der Waals surface area (Å²) in [6.45, 7) is 3.89. The van der Waals surface area contributed by atoms with Crippen LogP contribution in [0.4, 0.5) is 0 Å². The van der Waals surface area contributed by atoms with Crippen LogP contribution in [0.1, 0.15) is 12.5 Å². The third kappa shape index (κ3) is 4.34. The number of halogens is 1. The topological polar surface area (TPSA) is 83.8 Å². The van der Waals surface area contributed by atoms with E-state index in [1.165, 1.54) is 0 Å². The van der Waals surface area contributed by atoms with E-state index in [0.717, 1.165) is 5.56 Å². The molecule has 1 amide bonds. The fourth-order valence-corrected chi connectivity index (χ4v) is 3.63. The van der Waals surface area contributed by atoms with Gasteiger partial charge in [0.15, 0.2) is 0 Å². The van der Waals surface area contributed by atoms with Crippen molar-refractivity contribution >= 4 is 23.5 Å². The van der Waals surface area contributed by atoms with E-state index in [2.05, 4.69) is 20.5 Å². The summed E-state index contributed by atoms with van der Waals surface area (Å²) in [5.41, 5.74) is 0.302. The molecule has 29 heavy (non-hydrogen) atoms. The van der Waals surface area contributed by atoms with E-state index in [1.807, 2.05) is 49.7 Å². The molecule has 1 fully saturated rings. The van der Waals surface area contributed by atoms with Crippen molar-refractivity contribution in [2.75, 3.05) is 19.8 Å². The van der Waals surface area contributed by atoms with E-state index in [-0.39, 0.29) is 5.91 Å². The first-order valence-electron chi connectivity index (χ1n) is 9.44. The predicted molar refractivity (Wildman–Crippen MR) is 110 cm³/mol. The lowest BCUT2D eigenvalue weighted by molar-refractivity contribution is -0.136. The molecule has 1 aromatic carbocycles. The molecule has 2 N–H and O–H groups in total. The summed E-state index contributed by atoms with van der Waals surface area (Å²) < 4.78 is 7.42. The second-order valence-electron chi connectivity index (χ2n) is 7.11. The average molecular weight is 415 g/mol. The molecular formula is C20H23ClN6O2. The molecule has 9 heteroatoms. The van der Waals surface area contributed by atoms with Crippen molar-refractivity contribution in [2.24, 2.45) is 4.99 Å². The van der Waals surface area contributed by atoms with Crippen LogP contribution in [0.5, 0.6) is 0 Å². The number of rotatable bonds is 4. The summed E-state index contributed by atoms with van der Waals surface area (Å²) in [5, 5.41) is 6.81. The Bertz CT molecular complexity index is 912. The third-order valence-electron chi connectivity index (χ3n) is 5.09. The van der Waals surface area contributed by atoms with Gasteiger partial charge >= 0.3 is 0 Å². The van der Waals surface area contributed by atoms with E-state index in [0.29, 0.717) is 37.3 Å². The van der Waals surface area contributed by atoms with Crippen molar-refractivity contribution in [3.05, 3.63) is 65.8 Å². The van der Waals surface area contributed by atoms with Crippen LogP contribution in [-0.2, 0) is 16.1 Å². The van der Waals surface area contributed by atoms with Gasteiger partial charge in [-0.1, -0.05) is 23.7 Å². The lowest BCUT2D eigenvalue weighted by atomic mass is 10.1. The van der Waals surface area contributed by atoms with Crippen molar-refractivity contribution in [1.29, 1.82) is 0 Å². The number of hydrogen-bond acceptors (Lipinski definition) is 6. The number of ether oxygens (including phenoxy) is 1. The fourth-order valence-electron chi connectivity index (χ4n) is 3.51. The summed E-state index contributed by atoms with van der Waals surface area (Å²) in [6.07, 6.45) is 9.00. The van der Waals surface area contributed by atoms with Gasteiger partial charge in [0.25, 0.3) is 0 Å². The molecule has 0 spiro atoms. The monoisotopic (exact) mass is 414 g/mol. The van der Waals surface area contributed by atoms with Gasteiger partial charge < -0.3 is 15.4 Å². The molecule has 4 rings (SSSR count). The lowest BCUT2D eigenvalue weighted by Gasteiger charge is -2.44. The molecule has 1 aromatic heterocycles. The number of hydrogen-bond donors (Lipinski definition) is 2. The van der Waals surface area contributed by atoms with E-state index in [4.69, 9.17) is 21.3 Å². The van der Waals surface area contributed by atoms with Gasteiger partial charge in [-0.05, 0) is 30.7 Å². The first kappa shape index (κ1) is 19.6. The molecular weight excluding hydrogens is 392 g/mol. The summed E-state index contributed by atoms with van der Waals surface area (Å²) in [6, 6.07) is 6.97. The zero-order valence-electron chi connectivity index (χ0n) is 16.1. The minimum absolute atomic E-state index is 0.0906. The van der Waals surface area contributed by atoms with Crippen molar-refractivity contribution in [3.63, 3.8) is 0 Å². The Morgan fingerprint density at radius 2 is 2.24 bits per heavy atom. The van der Waals surface area contributed by atoms with Crippen LogP contribution < -0.4 is 10.6 Å². The van der Waals surface area contributed by atoms with Crippen LogP contribution in [0.3, 0.4) is 0 Å². The summed E-state index contributed by atoms with van der Waals surface area (Å²) in [7, 11) is 0. The largest absolute Gasteiger partial charge is 0.378 e. The van der Waals surface area contributed by atoms with Gasteiger partial charge in [0.1, 0.15) is 18.0 Å².